The molecule has 0 bridgehead atoms. The van der Waals surface area contributed by atoms with E-state index in [0.29, 0.717) is 5.76 Å². The Balaban J connectivity index is 3.20. The van der Waals surface area contributed by atoms with Crippen LogP contribution in [-0.2, 0) is 16.6 Å². The van der Waals surface area contributed by atoms with Gasteiger partial charge in [0.1, 0.15) is 23.0 Å². The fourth-order valence-electron chi connectivity index (χ4n) is 1.77. The number of furan rings is 1. The summed E-state index contributed by atoms with van der Waals surface area (Å²) < 4.78 is 31.7. The van der Waals surface area contributed by atoms with E-state index in [4.69, 9.17) is 9.52 Å². The van der Waals surface area contributed by atoms with Gasteiger partial charge in [0.05, 0.1) is 0 Å². The van der Waals surface area contributed by atoms with Crippen molar-refractivity contribution in [2.45, 2.75) is 52.2 Å². The molecule has 0 fully saturated rings. The molecular weight excluding hydrogens is 266 g/mol. The van der Waals surface area contributed by atoms with Crippen LogP contribution in [0.2, 0.25) is 0 Å². The second kappa shape index (κ2) is 5.26. The molecule has 5 nitrogen and oxygen atoms in total. The summed E-state index contributed by atoms with van der Waals surface area (Å²) in [6.07, 6.45) is 0. The zero-order valence-electron chi connectivity index (χ0n) is 12.4. The van der Waals surface area contributed by atoms with Crippen LogP contribution < -0.4 is 0 Å². The topological polar surface area (TPSA) is 70.8 Å². The lowest BCUT2D eigenvalue weighted by Crippen LogP contribution is -2.42. The van der Waals surface area contributed by atoms with E-state index in [-0.39, 0.29) is 28.7 Å². The highest BCUT2D eigenvalue weighted by Crippen LogP contribution is 2.30. The van der Waals surface area contributed by atoms with Gasteiger partial charge >= 0.3 is 0 Å². The Morgan fingerprint density at radius 1 is 1.42 bits per heavy atom. The van der Waals surface area contributed by atoms with E-state index in [2.05, 4.69) is 0 Å². The van der Waals surface area contributed by atoms with Crippen molar-refractivity contribution >= 4 is 10.0 Å². The predicted octanol–water partition coefficient (Wildman–Crippen LogP) is 2.14. The summed E-state index contributed by atoms with van der Waals surface area (Å²) >= 11 is 0. The minimum Gasteiger partial charge on any atom is -0.462 e. The fraction of sp³-hybridized carbons (Fsp3) is 0.692. The van der Waals surface area contributed by atoms with Crippen molar-refractivity contribution in [1.29, 1.82) is 0 Å². The number of hydrogen-bond acceptors (Lipinski definition) is 4. The van der Waals surface area contributed by atoms with Crippen molar-refractivity contribution in [3.8, 4) is 0 Å². The van der Waals surface area contributed by atoms with Gasteiger partial charge in [0, 0.05) is 19.2 Å². The molecule has 6 heteroatoms. The van der Waals surface area contributed by atoms with Gasteiger partial charge in [-0.2, -0.15) is 4.31 Å². The maximum Gasteiger partial charge on any atom is 0.246 e. The number of sulfonamides is 1. The predicted molar refractivity (Wildman–Crippen MR) is 73.2 cm³/mol. The third-order valence-corrected chi connectivity index (χ3v) is 5.57. The number of aryl methyl sites for hydroxylation is 1. The van der Waals surface area contributed by atoms with E-state index in [1.165, 1.54) is 10.4 Å². The van der Waals surface area contributed by atoms with Gasteiger partial charge in [-0.25, -0.2) is 8.42 Å². The highest BCUT2D eigenvalue weighted by Gasteiger charge is 2.34. The van der Waals surface area contributed by atoms with E-state index in [1.807, 2.05) is 27.7 Å². The minimum absolute atomic E-state index is 0.121. The lowest BCUT2D eigenvalue weighted by atomic mass is 9.88. The summed E-state index contributed by atoms with van der Waals surface area (Å²) in [5.41, 5.74) is -0.167. The smallest absolute Gasteiger partial charge is 0.246 e. The number of rotatable bonds is 4. The largest absolute Gasteiger partial charge is 0.462 e. The first-order valence-corrected chi connectivity index (χ1v) is 7.64. The van der Waals surface area contributed by atoms with Crippen LogP contribution in [-0.4, -0.2) is 30.9 Å². The summed E-state index contributed by atoms with van der Waals surface area (Å²) in [5, 5.41) is 9.02. The molecule has 0 saturated heterocycles. The molecule has 1 N–H and O–H groups in total. The third kappa shape index (κ3) is 3.19. The molecule has 0 aliphatic heterocycles. The molecule has 19 heavy (non-hydrogen) atoms. The molecule has 1 aromatic heterocycles. The fourth-order valence-corrected chi connectivity index (χ4v) is 3.50. The van der Waals surface area contributed by atoms with Gasteiger partial charge < -0.3 is 9.52 Å². The number of aliphatic hydroxyl groups excluding tert-OH is 1. The lowest BCUT2D eigenvalue weighted by molar-refractivity contribution is 0.216. The minimum atomic E-state index is -3.61. The van der Waals surface area contributed by atoms with Gasteiger partial charge in [0.15, 0.2) is 0 Å². The number of hydrogen-bond donors (Lipinski definition) is 1. The van der Waals surface area contributed by atoms with Gasteiger partial charge in [0.25, 0.3) is 0 Å². The maximum absolute atomic E-state index is 12.6. The van der Waals surface area contributed by atoms with Crippen molar-refractivity contribution in [1.82, 2.24) is 4.31 Å². The van der Waals surface area contributed by atoms with Crippen LogP contribution in [0.15, 0.2) is 15.4 Å². The summed E-state index contributed by atoms with van der Waals surface area (Å²) in [6.45, 7) is 9.12. The Hall–Kier alpha value is -0.850. The van der Waals surface area contributed by atoms with Crippen molar-refractivity contribution in [2.75, 3.05) is 7.05 Å². The average molecular weight is 289 g/mol. The van der Waals surface area contributed by atoms with Crippen LogP contribution >= 0.6 is 0 Å². The van der Waals surface area contributed by atoms with Crippen LogP contribution in [0.3, 0.4) is 0 Å². The van der Waals surface area contributed by atoms with Crippen molar-refractivity contribution in [3.05, 3.63) is 17.6 Å². The first-order chi connectivity index (χ1) is 8.51. The molecule has 1 heterocycles. The maximum atomic E-state index is 12.6. The van der Waals surface area contributed by atoms with Gasteiger partial charge in [0.2, 0.25) is 10.0 Å². The zero-order valence-corrected chi connectivity index (χ0v) is 13.2. The second-order valence-electron chi connectivity index (χ2n) is 5.85. The lowest BCUT2D eigenvalue weighted by Gasteiger charge is -2.34. The molecular formula is C13H23NO4S. The summed E-state index contributed by atoms with van der Waals surface area (Å²) in [4.78, 5) is 0.121. The zero-order chi connectivity index (χ0) is 15.0. The molecule has 0 aliphatic rings. The highest BCUT2D eigenvalue weighted by atomic mass is 32.2. The van der Waals surface area contributed by atoms with Gasteiger partial charge in [-0.15, -0.1) is 0 Å². The Bertz CT molecular complexity index is 539. The van der Waals surface area contributed by atoms with Crippen LogP contribution in [0.1, 0.15) is 39.2 Å². The van der Waals surface area contributed by atoms with E-state index < -0.39 is 10.0 Å². The molecule has 0 radical (unpaired) electrons. The quantitative estimate of drug-likeness (QED) is 0.922. The third-order valence-electron chi connectivity index (χ3n) is 3.53. The molecule has 1 rings (SSSR count). The monoisotopic (exact) mass is 289 g/mol. The molecule has 0 amide bonds. The van der Waals surface area contributed by atoms with Crippen LogP contribution in [0.4, 0.5) is 0 Å². The van der Waals surface area contributed by atoms with Gasteiger partial charge in [-0.1, -0.05) is 20.8 Å². The van der Waals surface area contributed by atoms with Gasteiger partial charge in [-0.3, -0.25) is 0 Å². The van der Waals surface area contributed by atoms with Crippen molar-refractivity contribution in [2.24, 2.45) is 5.41 Å². The molecule has 0 aromatic carbocycles. The van der Waals surface area contributed by atoms with Crippen LogP contribution in [0.25, 0.3) is 0 Å². The Morgan fingerprint density at radius 3 is 2.32 bits per heavy atom. The molecule has 0 spiro atoms. The van der Waals surface area contributed by atoms with Crippen molar-refractivity contribution < 1.29 is 17.9 Å². The normalized spacial score (nSPS) is 14.9. The van der Waals surface area contributed by atoms with E-state index in [0.717, 1.165) is 0 Å². The molecule has 0 saturated carbocycles. The Morgan fingerprint density at radius 2 is 1.95 bits per heavy atom. The molecule has 1 atom stereocenters. The Kier molecular flexibility index (Phi) is 4.49. The molecule has 1 aromatic rings. The SMILES string of the molecule is Cc1oc(CO)cc1S(=O)(=O)N(C)C(C)C(C)(C)C. The van der Waals surface area contributed by atoms with E-state index >= 15 is 0 Å². The average Bonchev–Trinajstić information content (AvgIpc) is 2.68. The first-order valence-electron chi connectivity index (χ1n) is 6.20. The van der Waals surface area contributed by atoms with E-state index in [9.17, 15) is 8.42 Å². The summed E-state index contributed by atoms with van der Waals surface area (Å²) in [5.74, 6) is 0.560. The molecule has 1 unspecified atom stereocenters. The number of aliphatic hydroxyl groups is 1. The number of nitrogens with zero attached hydrogens (tertiary/aromatic N) is 1. The highest BCUT2D eigenvalue weighted by molar-refractivity contribution is 7.89. The molecule has 0 aliphatic carbocycles. The van der Waals surface area contributed by atoms with Crippen LogP contribution in [0.5, 0.6) is 0 Å². The first kappa shape index (κ1) is 16.2. The standard InChI is InChI=1S/C13H23NO4S/c1-9-12(7-11(8-15)18-9)19(16,17)14(6)10(2)13(3,4)5/h7,10,15H,8H2,1-6H3. The van der Waals surface area contributed by atoms with Gasteiger partial charge in [-0.05, 0) is 19.3 Å². The Labute approximate surface area is 115 Å². The van der Waals surface area contributed by atoms with Crippen LogP contribution in [0, 0.1) is 12.3 Å². The molecule has 110 valence electrons. The van der Waals surface area contributed by atoms with Crippen molar-refractivity contribution in [3.63, 3.8) is 0 Å². The van der Waals surface area contributed by atoms with E-state index in [1.54, 1.807) is 14.0 Å². The summed E-state index contributed by atoms with van der Waals surface area (Å²) in [6, 6.07) is 1.22. The summed E-state index contributed by atoms with van der Waals surface area (Å²) in [7, 11) is -2.05. The second-order valence-corrected chi connectivity index (χ2v) is 7.82.